The predicted octanol–water partition coefficient (Wildman–Crippen LogP) is 4.65. The summed E-state index contributed by atoms with van der Waals surface area (Å²) in [6.45, 7) is 6.53. The first kappa shape index (κ1) is 20.3. The highest BCUT2D eigenvalue weighted by atomic mass is 32.2. The van der Waals surface area contributed by atoms with E-state index in [1.165, 1.54) is 11.6 Å². The Hall–Kier alpha value is -2.01. The van der Waals surface area contributed by atoms with E-state index < -0.39 is 6.10 Å². The van der Waals surface area contributed by atoms with Gasteiger partial charge in [0.15, 0.2) is 6.10 Å². The van der Waals surface area contributed by atoms with Crippen LogP contribution in [0.2, 0.25) is 0 Å². The second-order valence-electron chi connectivity index (χ2n) is 6.20. The molecule has 0 heterocycles. The molecule has 2 aromatic carbocycles. The van der Waals surface area contributed by atoms with Gasteiger partial charge in [0.1, 0.15) is 11.6 Å². The van der Waals surface area contributed by atoms with Crippen LogP contribution in [0.3, 0.4) is 0 Å². The number of benzene rings is 2. The lowest BCUT2D eigenvalue weighted by Gasteiger charge is -2.18. The minimum absolute atomic E-state index is 0.114. The van der Waals surface area contributed by atoms with Crippen LogP contribution in [0.1, 0.15) is 30.0 Å². The molecule has 3 nitrogen and oxygen atoms in total. The number of amides is 1. The fourth-order valence-corrected chi connectivity index (χ4v) is 3.28. The molecule has 0 fully saturated rings. The van der Waals surface area contributed by atoms with Gasteiger partial charge < -0.3 is 10.1 Å². The third-order valence-corrected chi connectivity index (χ3v) is 5.19. The van der Waals surface area contributed by atoms with Crippen LogP contribution < -0.4 is 10.1 Å². The van der Waals surface area contributed by atoms with Crippen LogP contribution in [0.25, 0.3) is 0 Å². The first-order valence-corrected chi connectivity index (χ1v) is 9.99. The van der Waals surface area contributed by atoms with Gasteiger partial charge in [-0.3, -0.25) is 4.79 Å². The molecule has 1 amide bonds. The lowest BCUT2D eigenvalue weighted by molar-refractivity contribution is -0.127. The second-order valence-corrected chi connectivity index (χ2v) is 7.30. The molecule has 2 aromatic rings. The van der Waals surface area contributed by atoms with E-state index in [0.29, 0.717) is 30.0 Å². The molecular weight excluding hydrogens is 349 g/mol. The summed E-state index contributed by atoms with van der Waals surface area (Å²) in [7, 11) is 0. The summed E-state index contributed by atoms with van der Waals surface area (Å²) in [6, 6.07) is 12.6. The van der Waals surface area contributed by atoms with E-state index in [-0.39, 0.29) is 11.7 Å². The Bertz CT molecular complexity index is 736. The molecule has 0 aliphatic heterocycles. The number of halogens is 1. The van der Waals surface area contributed by atoms with Crippen molar-refractivity contribution in [2.24, 2.45) is 0 Å². The van der Waals surface area contributed by atoms with Crippen molar-refractivity contribution in [2.75, 3.05) is 12.3 Å². The van der Waals surface area contributed by atoms with E-state index in [0.717, 1.165) is 11.3 Å². The van der Waals surface area contributed by atoms with Gasteiger partial charge in [0.2, 0.25) is 0 Å². The number of hydrogen-bond donors (Lipinski definition) is 1. The molecule has 140 valence electrons. The van der Waals surface area contributed by atoms with Crippen molar-refractivity contribution in [1.82, 2.24) is 5.32 Å². The summed E-state index contributed by atoms with van der Waals surface area (Å²) in [6.07, 6.45) is 0.0925. The van der Waals surface area contributed by atoms with Crippen molar-refractivity contribution in [1.29, 1.82) is 0 Å². The highest BCUT2D eigenvalue weighted by Gasteiger charge is 2.18. The summed E-state index contributed by atoms with van der Waals surface area (Å²) in [5, 5.41) is 2.90. The van der Waals surface area contributed by atoms with E-state index in [1.54, 1.807) is 23.9 Å². The first-order chi connectivity index (χ1) is 12.5. The second kappa shape index (κ2) is 10.2. The van der Waals surface area contributed by atoms with Gasteiger partial charge in [0.05, 0.1) is 0 Å². The Kier molecular flexibility index (Phi) is 7.98. The van der Waals surface area contributed by atoms with Crippen LogP contribution in [0.5, 0.6) is 5.75 Å². The Morgan fingerprint density at radius 2 is 1.96 bits per heavy atom. The van der Waals surface area contributed by atoms with E-state index in [2.05, 4.69) is 5.32 Å². The van der Waals surface area contributed by atoms with Crippen molar-refractivity contribution >= 4 is 17.7 Å². The topological polar surface area (TPSA) is 38.3 Å². The Morgan fingerprint density at radius 1 is 1.19 bits per heavy atom. The van der Waals surface area contributed by atoms with Crippen molar-refractivity contribution in [2.45, 2.75) is 39.0 Å². The molecule has 0 saturated carbocycles. The van der Waals surface area contributed by atoms with Crippen LogP contribution in [0.15, 0.2) is 42.5 Å². The quantitative estimate of drug-likeness (QED) is 0.649. The van der Waals surface area contributed by atoms with Crippen LogP contribution in [-0.4, -0.2) is 24.3 Å². The van der Waals surface area contributed by atoms with Gasteiger partial charge in [-0.15, -0.1) is 0 Å². The molecule has 2 rings (SSSR count). The molecular formula is C21H26FNO2S. The number of rotatable bonds is 9. The maximum atomic E-state index is 13.5. The number of carbonyl (C=O) groups excluding carboxylic acids is 1. The molecule has 5 heteroatoms. The molecule has 0 saturated heterocycles. The van der Waals surface area contributed by atoms with Gasteiger partial charge in [-0.2, -0.15) is 11.8 Å². The zero-order chi connectivity index (χ0) is 18.9. The van der Waals surface area contributed by atoms with E-state index >= 15 is 0 Å². The first-order valence-electron chi connectivity index (χ1n) is 8.84. The highest BCUT2D eigenvalue weighted by Crippen LogP contribution is 2.19. The molecule has 0 bridgehead atoms. The lowest BCUT2D eigenvalue weighted by atomic mass is 10.1. The summed E-state index contributed by atoms with van der Waals surface area (Å²) in [4.78, 5) is 12.3. The Morgan fingerprint density at radius 3 is 2.65 bits per heavy atom. The highest BCUT2D eigenvalue weighted by molar-refractivity contribution is 7.98. The minimum Gasteiger partial charge on any atom is -0.481 e. The van der Waals surface area contributed by atoms with Gasteiger partial charge in [0.25, 0.3) is 5.91 Å². The predicted molar refractivity (Wildman–Crippen MR) is 106 cm³/mol. The van der Waals surface area contributed by atoms with Crippen LogP contribution >= 0.6 is 11.8 Å². The zero-order valence-corrected chi connectivity index (χ0v) is 16.4. The van der Waals surface area contributed by atoms with Gasteiger partial charge >= 0.3 is 0 Å². The van der Waals surface area contributed by atoms with Crippen molar-refractivity contribution in [3.63, 3.8) is 0 Å². The zero-order valence-electron chi connectivity index (χ0n) is 15.5. The normalized spacial score (nSPS) is 11.8. The average Bonchev–Trinajstić information content (AvgIpc) is 2.63. The van der Waals surface area contributed by atoms with Gasteiger partial charge in [0, 0.05) is 18.1 Å². The van der Waals surface area contributed by atoms with Crippen LogP contribution in [-0.2, 0) is 10.5 Å². The number of ether oxygens (including phenoxy) is 1. The molecule has 0 spiro atoms. The number of thioether (sulfide) groups is 1. The third-order valence-electron chi connectivity index (χ3n) is 4.18. The standard InChI is InChI=1S/C21H26FNO2S/c1-4-20(25-18-10-9-15(2)16(3)13-18)21(24)23-11-12-26-14-17-7-5-6-8-19(17)22/h5-10,13,20H,4,11-12,14H2,1-3H3,(H,23,24)/t20-/m0/s1. The van der Waals surface area contributed by atoms with Crippen molar-refractivity contribution < 1.29 is 13.9 Å². The fraction of sp³-hybridized carbons (Fsp3) is 0.381. The largest absolute Gasteiger partial charge is 0.481 e. The monoisotopic (exact) mass is 375 g/mol. The van der Waals surface area contributed by atoms with Gasteiger partial charge in [-0.1, -0.05) is 31.2 Å². The Balaban J connectivity index is 1.74. The minimum atomic E-state index is -0.506. The SMILES string of the molecule is CC[C@H](Oc1ccc(C)c(C)c1)C(=O)NCCSCc1ccccc1F. The lowest BCUT2D eigenvalue weighted by Crippen LogP contribution is -2.39. The van der Waals surface area contributed by atoms with E-state index in [9.17, 15) is 9.18 Å². The molecule has 1 N–H and O–H groups in total. The van der Waals surface area contributed by atoms with Crippen molar-refractivity contribution in [3.8, 4) is 5.75 Å². The average molecular weight is 376 g/mol. The maximum Gasteiger partial charge on any atom is 0.261 e. The van der Waals surface area contributed by atoms with Crippen molar-refractivity contribution in [3.05, 3.63) is 65.0 Å². The number of hydrogen-bond acceptors (Lipinski definition) is 3. The summed E-state index contributed by atoms with van der Waals surface area (Å²) in [5.74, 6) is 1.73. The van der Waals surface area contributed by atoms with Crippen LogP contribution in [0, 0.1) is 19.7 Å². The van der Waals surface area contributed by atoms with Gasteiger partial charge in [-0.25, -0.2) is 4.39 Å². The Labute approximate surface area is 159 Å². The van der Waals surface area contributed by atoms with Gasteiger partial charge in [-0.05, 0) is 55.2 Å². The molecule has 0 aliphatic carbocycles. The summed E-state index contributed by atoms with van der Waals surface area (Å²) >= 11 is 1.59. The molecule has 0 aromatic heterocycles. The summed E-state index contributed by atoms with van der Waals surface area (Å²) < 4.78 is 19.4. The number of carbonyl (C=O) groups is 1. The molecule has 0 unspecified atom stereocenters. The number of aryl methyl sites for hydroxylation is 2. The smallest absolute Gasteiger partial charge is 0.261 e. The van der Waals surface area contributed by atoms with E-state index in [1.807, 2.05) is 45.0 Å². The maximum absolute atomic E-state index is 13.5. The third kappa shape index (κ3) is 6.06. The van der Waals surface area contributed by atoms with Crippen LogP contribution in [0.4, 0.5) is 4.39 Å². The fourth-order valence-electron chi connectivity index (χ4n) is 2.43. The van der Waals surface area contributed by atoms with E-state index in [4.69, 9.17) is 4.74 Å². The molecule has 0 aliphatic rings. The summed E-state index contributed by atoms with van der Waals surface area (Å²) in [5.41, 5.74) is 3.03. The number of nitrogens with one attached hydrogen (secondary N) is 1. The molecule has 26 heavy (non-hydrogen) atoms. The molecule has 1 atom stereocenters. The molecule has 0 radical (unpaired) electrons.